The van der Waals surface area contributed by atoms with Crippen molar-refractivity contribution in [2.75, 3.05) is 6.54 Å². The number of carbonyl (C=O) groups excluding carboxylic acids is 1. The van der Waals surface area contributed by atoms with E-state index in [9.17, 15) is 4.79 Å². The second kappa shape index (κ2) is 6.95. The van der Waals surface area contributed by atoms with Crippen LogP contribution in [0.1, 0.15) is 34.5 Å². The van der Waals surface area contributed by atoms with Gasteiger partial charge in [0.15, 0.2) is 0 Å². The van der Waals surface area contributed by atoms with Gasteiger partial charge in [-0.3, -0.25) is 9.78 Å². The number of aromatic nitrogens is 1. The number of nitrogens with one attached hydrogen (secondary N) is 1. The molecule has 4 nitrogen and oxygen atoms in total. The molecule has 0 bridgehead atoms. The molecule has 1 unspecified atom stereocenters. The highest BCUT2D eigenvalue weighted by atomic mass is 32.1. The van der Waals surface area contributed by atoms with Crippen molar-refractivity contribution in [3.8, 4) is 0 Å². The fourth-order valence-corrected chi connectivity index (χ4v) is 2.03. The van der Waals surface area contributed by atoms with Crippen molar-refractivity contribution in [1.29, 1.82) is 0 Å². The summed E-state index contributed by atoms with van der Waals surface area (Å²) in [5.74, 6) is 0.0401. The number of benzene rings is 1. The third-order valence-electron chi connectivity index (χ3n) is 3.22. The molecule has 2 rings (SSSR count). The number of carbonyl (C=O) groups is 1. The molecule has 0 aliphatic carbocycles. The quantitative estimate of drug-likeness (QED) is 0.831. The summed E-state index contributed by atoms with van der Waals surface area (Å²) in [5.41, 5.74) is 7.69. The van der Waals surface area contributed by atoms with Crippen LogP contribution in [0.2, 0.25) is 0 Å². The van der Waals surface area contributed by atoms with Gasteiger partial charge in [0, 0.05) is 18.3 Å². The minimum atomic E-state index is -0.202. The van der Waals surface area contributed by atoms with Crippen molar-refractivity contribution in [1.82, 2.24) is 10.3 Å². The molecule has 1 aromatic carbocycles. The Kier molecular flexibility index (Phi) is 5.00. The Morgan fingerprint density at radius 2 is 2.00 bits per heavy atom. The first-order valence-corrected chi connectivity index (χ1v) is 7.07. The van der Waals surface area contributed by atoms with E-state index in [1.807, 2.05) is 30.3 Å². The molecule has 3 N–H and O–H groups in total. The molecule has 1 atom stereocenters. The first-order chi connectivity index (χ1) is 10.1. The summed E-state index contributed by atoms with van der Waals surface area (Å²) in [5, 5.41) is 2.88. The molecule has 1 amide bonds. The topological polar surface area (TPSA) is 68.0 Å². The lowest BCUT2D eigenvalue weighted by molar-refractivity contribution is 0.0946. The van der Waals surface area contributed by atoms with E-state index < -0.39 is 0 Å². The van der Waals surface area contributed by atoms with Crippen molar-refractivity contribution in [2.45, 2.75) is 12.8 Å². The number of thiocarbonyl (C=S) groups is 1. The average molecular weight is 299 g/mol. The van der Waals surface area contributed by atoms with Gasteiger partial charge in [-0.1, -0.05) is 49.5 Å². The first kappa shape index (κ1) is 15.1. The fourth-order valence-electron chi connectivity index (χ4n) is 1.91. The highest BCUT2D eigenvalue weighted by Gasteiger charge is 2.10. The van der Waals surface area contributed by atoms with Gasteiger partial charge in [-0.2, -0.15) is 0 Å². The molecule has 108 valence electrons. The maximum Gasteiger partial charge on any atom is 0.269 e. The lowest BCUT2D eigenvalue weighted by Gasteiger charge is -2.12. The van der Waals surface area contributed by atoms with Crippen LogP contribution in [0.15, 0.2) is 48.7 Å². The monoisotopic (exact) mass is 299 g/mol. The molecule has 0 aliphatic heterocycles. The molecule has 1 heterocycles. The second-order valence-corrected chi connectivity index (χ2v) is 5.26. The average Bonchev–Trinajstić information content (AvgIpc) is 2.53. The zero-order chi connectivity index (χ0) is 15.2. The zero-order valence-electron chi connectivity index (χ0n) is 11.7. The van der Waals surface area contributed by atoms with Crippen molar-refractivity contribution in [3.63, 3.8) is 0 Å². The Morgan fingerprint density at radius 3 is 2.57 bits per heavy atom. The van der Waals surface area contributed by atoms with Crippen LogP contribution in [0.3, 0.4) is 0 Å². The van der Waals surface area contributed by atoms with Crippen molar-refractivity contribution in [3.05, 3.63) is 65.5 Å². The molecule has 0 spiro atoms. The Labute approximate surface area is 129 Å². The van der Waals surface area contributed by atoms with Gasteiger partial charge in [0.1, 0.15) is 10.7 Å². The van der Waals surface area contributed by atoms with Crippen LogP contribution in [-0.4, -0.2) is 22.4 Å². The zero-order valence-corrected chi connectivity index (χ0v) is 12.6. The minimum Gasteiger partial charge on any atom is -0.389 e. The molecular weight excluding hydrogens is 282 g/mol. The maximum absolute atomic E-state index is 12.0. The van der Waals surface area contributed by atoms with Gasteiger partial charge in [-0.15, -0.1) is 0 Å². The summed E-state index contributed by atoms with van der Waals surface area (Å²) in [6.07, 6.45) is 1.51. The smallest absolute Gasteiger partial charge is 0.269 e. The molecule has 0 saturated heterocycles. The standard InChI is InChI=1S/C16H17N3OS/c1-11(12-5-3-2-4-6-12)9-19-16(20)14-8-7-13(10-18-14)15(17)21/h2-8,10-11H,9H2,1H3,(H2,17,21)(H,19,20). The number of rotatable bonds is 5. The number of nitrogens with zero attached hydrogens (tertiary/aromatic N) is 1. The van der Waals surface area contributed by atoms with Crippen LogP contribution in [0.5, 0.6) is 0 Å². The van der Waals surface area contributed by atoms with Crippen molar-refractivity contribution < 1.29 is 4.79 Å². The summed E-state index contributed by atoms with van der Waals surface area (Å²) in [4.78, 5) is 16.4. The van der Waals surface area contributed by atoms with Crippen LogP contribution >= 0.6 is 12.2 Å². The van der Waals surface area contributed by atoms with Gasteiger partial charge >= 0.3 is 0 Å². The van der Waals surface area contributed by atoms with Crippen LogP contribution in [0, 0.1) is 0 Å². The second-order valence-electron chi connectivity index (χ2n) is 4.82. The number of amides is 1. The van der Waals surface area contributed by atoms with Gasteiger partial charge in [0.25, 0.3) is 5.91 Å². The normalized spacial score (nSPS) is 11.7. The molecule has 0 saturated carbocycles. The number of nitrogens with two attached hydrogens (primary N) is 1. The number of hydrogen-bond acceptors (Lipinski definition) is 3. The summed E-state index contributed by atoms with van der Waals surface area (Å²) in [6, 6.07) is 13.4. The summed E-state index contributed by atoms with van der Waals surface area (Å²) < 4.78 is 0. The van der Waals surface area contributed by atoms with E-state index in [1.165, 1.54) is 11.8 Å². The molecule has 0 radical (unpaired) electrons. The first-order valence-electron chi connectivity index (χ1n) is 6.67. The van der Waals surface area contributed by atoms with E-state index >= 15 is 0 Å². The van der Waals surface area contributed by atoms with Gasteiger partial charge in [0.05, 0.1) is 0 Å². The van der Waals surface area contributed by atoms with E-state index in [1.54, 1.807) is 12.1 Å². The third-order valence-corrected chi connectivity index (χ3v) is 3.45. The minimum absolute atomic E-state index is 0.202. The summed E-state index contributed by atoms with van der Waals surface area (Å²) in [6.45, 7) is 2.63. The Bertz CT molecular complexity index is 626. The highest BCUT2D eigenvalue weighted by Crippen LogP contribution is 2.13. The molecular formula is C16H17N3OS. The van der Waals surface area contributed by atoms with E-state index in [2.05, 4.69) is 17.2 Å². The molecule has 21 heavy (non-hydrogen) atoms. The Morgan fingerprint density at radius 1 is 1.29 bits per heavy atom. The van der Waals surface area contributed by atoms with E-state index in [0.29, 0.717) is 17.8 Å². The SMILES string of the molecule is CC(CNC(=O)c1ccc(C(N)=S)cn1)c1ccccc1. The van der Waals surface area contributed by atoms with E-state index in [-0.39, 0.29) is 16.8 Å². The van der Waals surface area contributed by atoms with Crippen LogP contribution in [0.25, 0.3) is 0 Å². The Balaban J connectivity index is 1.94. The largest absolute Gasteiger partial charge is 0.389 e. The highest BCUT2D eigenvalue weighted by molar-refractivity contribution is 7.80. The molecule has 0 fully saturated rings. The van der Waals surface area contributed by atoms with Gasteiger partial charge in [0.2, 0.25) is 0 Å². The van der Waals surface area contributed by atoms with Crippen molar-refractivity contribution >= 4 is 23.1 Å². The predicted molar refractivity (Wildman–Crippen MR) is 87.3 cm³/mol. The lowest BCUT2D eigenvalue weighted by atomic mass is 10.0. The molecule has 5 heteroatoms. The van der Waals surface area contributed by atoms with Crippen molar-refractivity contribution in [2.24, 2.45) is 5.73 Å². The summed E-state index contributed by atoms with van der Waals surface area (Å²) >= 11 is 4.85. The summed E-state index contributed by atoms with van der Waals surface area (Å²) in [7, 11) is 0. The Hall–Kier alpha value is -2.27. The molecule has 2 aromatic rings. The van der Waals surface area contributed by atoms with Gasteiger partial charge in [-0.05, 0) is 23.6 Å². The van der Waals surface area contributed by atoms with Crippen LogP contribution in [0.4, 0.5) is 0 Å². The third kappa shape index (κ3) is 4.10. The fraction of sp³-hybridized carbons (Fsp3) is 0.188. The van der Waals surface area contributed by atoms with Gasteiger partial charge < -0.3 is 11.1 Å². The van der Waals surface area contributed by atoms with E-state index in [0.717, 1.165) is 0 Å². The predicted octanol–water partition coefficient (Wildman–Crippen LogP) is 2.25. The maximum atomic E-state index is 12.0. The number of pyridine rings is 1. The molecule has 0 aliphatic rings. The lowest BCUT2D eigenvalue weighted by Crippen LogP contribution is -2.28. The van der Waals surface area contributed by atoms with Gasteiger partial charge in [-0.25, -0.2) is 0 Å². The molecule has 1 aromatic heterocycles. The van der Waals surface area contributed by atoms with Crippen LogP contribution < -0.4 is 11.1 Å². The number of hydrogen-bond donors (Lipinski definition) is 2. The van der Waals surface area contributed by atoms with E-state index in [4.69, 9.17) is 18.0 Å². The van der Waals surface area contributed by atoms with Crippen LogP contribution in [-0.2, 0) is 0 Å².